The Balaban J connectivity index is 0.000000181. The number of likely N-dealkylation sites (tertiary alicyclic amines) is 2. The molecule has 0 aliphatic carbocycles. The van der Waals surface area contributed by atoms with Crippen molar-refractivity contribution in [2.45, 2.75) is 78.9 Å². The molecule has 2 saturated heterocycles. The molecule has 176 valence electrons. The summed E-state index contributed by atoms with van der Waals surface area (Å²) in [4.78, 5) is 5.26. The molecule has 2 aromatic rings. The van der Waals surface area contributed by atoms with Crippen LogP contribution in [-0.4, -0.2) is 35.5 Å². The smallest absolute Gasteiger partial charge is 0.0236 e. The van der Waals surface area contributed by atoms with Gasteiger partial charge in [0, 0.05) is 25.7 Å². The predicted molar refractivity (Wildman–Crippen MR) is 139 cm³/mol. The van der Waals surface area contributed by atoms with Crippen molar-refractivity contribution in [3.63, 3.8) is 0 Å². The Labute approximate surface area is 198 Å². The topological polar surface area (TPSA) is 6.48 Å². The molecular weight excluding hydrogens is 388 g/mol. The van der Waals surface area contributed by atoms with Crippen molar-refractivity contribution in [2.75, 3.05) is 19.6 Å². The van der Waals surface area contributed by atoms with Crippen LogP contribution in [0.5, 0.6) is 0 Å². The maximum absolute atomic E-state index is 2.66. The van der Waals surface area contributed by atoms with Gasteiger partial charge in [-0.05, 0) is 74.1 Å². The van der Waals surface area contributed by atoms with E-state index in [2.05, 4.69) is 98.2 Å². The fourth-order valence-corrected chi connectivity index (χ4v) is 5.49. The van der Waals surface area contributed by atoms with Crippen LogP contribution in [0.15, 0.2) is 60.7 Å². The number of hydrogen-bond acceptors (Lipinski definition) is 2. The summed E-state index contributed by atoms with van der Waals surface area (Å²) in [5.74, 6) is 2.60. The average molecular weight is 435 g/mol. The minimum Gasteiger partial charge on any atom is -0.299 e. The fourth-order valence-electron chi connectivity index (χ4n) is 5.49. The van der Waals surface area contributed by atoms with Gasteiger partial charge >= 0.3 is 0 Å². The molecule has 0 saturated carbocycles. The molecule has 2 heteroatoms. The molecular formula is C30H46N2. The lowest BCUT2D eigenvalue weighted by Crippen LogP contribution is -2.29. The summed E-state index contributed by atoms with van der Waals surface area (Å²) in [5.41, 5.74) is 2.91. The molecule has 0 amide bonds. The Bertz CT molecular complexity index is 740. The molecule has 32 heavy (non-hydrogen) atoms. The first-order valence-electron chi connectivity index (χ1n) is 13.0. The van der Waals surface area contributed by atoms with E-state index in [1.807, 2.05) is 0 Å². The van der Waals surface area contributed by atoms with Crippen molar-refractivity contribution in [1.29, 1.82) is 0 Å². The van der Waals surface area contributed by atoms with Gasteiger partial charge < -0.3 is 0 Å². The van der Waals surface area contributed by atoms with Gasteiger partial charge in [-0.1, -0.05) is 88.4 Å². The quantitative estimate of drug-likeness (QED) is 0.431. The summed E-state index contributed by atoms with van der Waals surface area (Å²) < 4.78 is 0. The molecule has 2 unspecified atom stereocenters. The highest BCUT2D eigenvalue weighted by Crippen LogP contribution is 2.25. The largest absolute Gasteiger partial charge is 0.299 e. The van der Waals surface area contributed by atoms with Crippen molar-refractivity contribution in [1.82, 2.24) is 9.80 Å². The van der Waals surface area contributed by atoms with E-state index in [0.717, 1.165) is 36.9 Å². The first-order valence-corrected chi connectivity index (χ1v) is 13.0. The van der Waals surface area contributed by atoms with Gasteiger partial charge in [-0.2, -0.15) is 0 Å². The summed E-state index contributed by atoms with van der Waals surface area (Å²) in [7, 11) is 0. The zero-order valence-electron chi connectivity index (χ0n) is 21.0. The average Bonchev–Trinajstić information content (AvgIpc) is 3.38. The van der Waals surface area contributed by atoms with Crippen molar-refractivity contribution < 1.29 is 0 Å². The minimum atomic E-state index is 0.820. The van der Waals surface area contributed by atoms with Crippen LogP contribution >= 0.6 is 0 Å². The normalized spacial score (nSPS) is 21.8. The van der Waals surface area contributed by atoms with E-state index < -0.39 is 0 Å². The van der Waals surface area contributed by atoms with E-state index in [9.17, 15) is 0 Å². The molecule has 2 aliphatic heterocycles. The number of nitrogens with zero attached hydrogens (tertiary/aromatic N) is 2. The highest BCUT2D eigenvalue weighted by atomic mass is 15.2. The molecule has 4 rings (SSSR count). The maximum Gasteiger partial charge on any atom is 0.0236 e. The third-order valence-electron chi connectivity index (χ3n) is 6.89. The Morgan fingerprint density at radius 3 is 1.91 bits per heavy atom. The summed E-state index contributed by atoms with van der Waals surface area (Å²) in [6.45, 7) is 15.5. The van der Waals surface area contributed by atoms with Gasteiger partial charge in [-0.15, -0.1) is 0 Å². The number of hydrogen-bond donors (Lipinski definition) is 0. The summed E-state index contributed by atoms with van der Waals surface area (Å²) in [6.07, 6.45) is 6.92. The molecule has 2 aliphatic rings. The van der Waals surface area contributed by atoms with Crippen LogP contribution in [0.1, 0.15) is 70.9 Å². The summed E-state index contributed by atoms with van der Waals surface area (Å²) >= 11 is 0. The van der Waals surface area contributed by atoms with Crippen molar-refractivity contribution in [3.05, 3.63) is 71.8 Å². The van der Waals surface area contributed by atoms with E-state index in [1.54, 1.807) is 0 Å². The molecule has 0 N–H and O–H groups in total. The predicted octanol–water partition coefficient (Wildman–Crippen LogP) is 7.25. The van der Waals surface area contributed by atoms with Gasteiger partial charge in [0.25, 0.3) is 0 Å². The summed E-state index contributed by atoms with van der Waals surface area (Å²) in [6, 6.07) is 22.5. The third-order valence-corrected chi connectivity index (χ3v) is 6.89. The molecule has 2 atom stereocenters. The lowest BCUT2D eigenvalue weighted by molar-refractivity contribution is 0.218. The Hall–Kier alpha value is -1.64. The standard InChI is InChI=1S/2C15H23N/c1-13(2)11-15-9-6-10-16(15)12-14-7-4-3-5-8-14;1-13(2)10-15-8-9-16(12-15)11-14-6-4-3-5-7-14/h3-5,7-8,13,15H,6,9-12H2,1-2H3;3-7,13,15H,8-12H2,1-2H3. The lowest BCUT2D eigenvalue weighted by Gasteiger charge is -2.25. The van der Waals surface area contributed by atoms with Gasteiger partial charge in [0.15, 0.2) is 0 Å². The Morgan fingerprint density at radius 2 is 1.31 bits per heavy atom. The molecule has 0 aromatic heterocycles. The number of rotatable bonds is 8. The van der Waals surface area contributed by atoms with Crippen molar-refractivity contribution in [2.24, 2.45) is 17.8 Å². The molecule has 0 spiro atoms. The molecule has 2 nitrogen and oxygen atoms in total. The second-order valence-corrected chi connectivity index (χ2v) is 10.9. The molecule has 2 aromatic carbocycles. The molecule has 0 bridgehead atoms. The van der Waals surface area contributed by atoms with Crippen LogP contribution in [-0.2, 0) is 13.1 Å². The molecule has 2 fully saturated rings. The minimum absolute atomic E-state index is 0.820. The van der Waals surface area contributed by atoms with Crippen molar-refractivity contribution in [3.8, 4) is 0 Å². The second-order valence-electron chi connectivity index (χ2n) is 10.9. The lowest BCUT2D eigenvalue weighted by atomic mass is 9.97. The van der Waals surface area contributed by atoms with Gasteiger partial charge in [-0.3, -0.25) is 9.80 Å². The monoisotopic (exact) mass is 434 g/mol. The highest BCUT2D eigenvalue weighted by molar-refractivity contribution is 5.15. The van der Waals surface area contributed by atoms with E-state index in [1.165, 1.54) is 62.9 Å². The Kier molecular flexibility index (Phi) is 10.3. The van der Waals surface area contributed by atoms with E-state index in [4.69, 9.17) is 0 Å². The second kappa shape index (κ2) is 13.2. The fraction of sp³-hybridized carbons (Fsp3) is 0.600. The van der Waals surface area contributed by atoms with Crippen LogP contribution in [0.4, 0.5) is 0 Å². The molecule has 2 heterocycles. The van der Waals surface area contributed by atoms with E-state index in [-0.39, 0.29) is 0 Å². The van der Waals surface area contributed by atoms with Gasteiger partial charge in [0.1, 0.15) is 0 Å². The van der Waals surface area contributed by atoms with Gasteiger partial charge in [0.2, 0.25) is 0 Å². The first-order chi connectivity index (χ1) is 15.5. The SMILES string of the molecule is CC(C)CC1CCCN1Cc1ccccc1.CC(C)CC1CCN(Cc2ccccc2)C1. The zero-order chi connectivity index (χ0) is 22.8. The van der Waals surface area contributed by atoms with Crippen LogP contribution < -0.4 is 0 Å². The van der Waals surface area contributed by atoms with Crippen molar-refractivity contribution >= 4 is 0 Å². The number of benzene rings is 2. The Morgan fingerprint density at radius 1 is 0.719 bits per heavy atom. The zero-order valence-corrected chi connectivity index (χ0v) is 21.0. The summed E-state index contributed by atoms with van der Waals surface area (Å²) in [5, 5.41) is 0. The molecule has 0 radical (unpaired) electrons. The van der Waals surface area contributed by atoms with E-state index in [0.29, 0.717) is 0 Å². The van der Waals surface area contributed by atoms with Crippen LogP contribution in [0.2, 0.25) is 0 Å². The van der Waals surface area contributed by atoms with Gasteiger partial charge in [-0.25, -0.2) is 0 Å². The van der Waals surface area contributed by atoms with Crippen LogP contribution in [0.25, 0.3) is 0 Å². The van der Waals surface area contributed by atoms with Crippen LogP contribution in [0, 0.1) is 17.8 Å². The first kappa shape index (κ1) is 25.0. The third kappa shape index (κ3) is 8.71. The van der Waals surface area contributed by atoms with E-state index >= 15 is 0 Å². The van der Waals surface area contributed by atoms with Gasteiger partial charge in [0.05, 0.1) is 0 Å². The highest BCUT2D eigenvalue weighted by Gasteiger charge is 2.25. The van der Waals surface area contributed by atoms with Crippen LogP contribution in [0.3, 0.4) is 0 Å². The maximum atomic E-state index is 2.66.